The number of hydrogen-bond donors (Lipinski definition) is 1. The average Bonchev–Trinajstić information content (AvgIpc) is 2.65. The van der Waals surface area contributed by atoms with Crippen LogP contribution in [-0.2, 0) is 9.53 Å². The number of methoxy groups -OCH3 is 1. The number of carbonyl (C=O) groups excluding carboxylic acids is 2. The summed E-state index contributed by atoms with van der Waals surface area (Å²) in [5, 5.41) is 3.82. The van der Waals surface area contributed by atoms with Crippen molar-refractivity contribution in [2.24, 2.45) is 5.10 Å². The molecule has 0 aliphatic carbocycles. The van der Waals surface area contributed by atoms with Gasteiger partial charge in [-0.2, -0.15) is 5.10 Å². The zero-order valence-electron chi connectivity index (χ0n) is 16.8. The Kier molecular flexibility index (Phi) is 7.54. The summed E-state index contributed by atoms with van der Waals surface area (Å²) >= 11 is 0. The SMILES string of the molecule is COc1ccc(/C=C/C(=O)Oc2cccc(/C=N\NC(=O)OC(C)(C)C)c2)cc1. The third-order valence-corrected chi connectivity index (χ3v) is 3.37. The largest absolute Gasteiger partial charge is 0.497 e. The van der Waals surface area contributed by atoms with Gasteiger partial charge in [-0.25, -0.2) is 15.0 Å². The third-order valence-electron chi connectivity index (χ3n) is 3.37. The highest BCUT2D eigenvalue weighted by Crippen LogP contribution is 2.14. The molecule has 0 atom stereocenters. The zero-order chi connectivity index (χ0) is 21.3. The summed E-state index contributed by atoms with van der Waals surface area (Å²) in [4.78, 5) is 23.6. The molecule has 0 aromatic heterocycles. The normalized spacial score (nSPS) is 11.4. The highest BCUT2D eigenvalue weighted by Gasteiger charge is 2.15. The third kappa shape index (κ3) is 8.30. The summed E-state index contributed by atoms with van der Waals surface area (Å²) in [6.45, 7) is 5.28. The molecule has 1 N–H and O–H groups in total. The van der Waals surface area contributed by atoms with Gasteiger partial charge < -0.3 is 14.2 Å². The molecule has 0 saturated carbocycles. The Bertz CT molecular complexity index is 896. The van der Waals surface area contributed by atoms with Crippen molar-refractivity contribution >= 4 is 24.4 Å². The molecular weight excluding hydrogens is 372 g/mol. The summed E-state index contributed by atoms with van der Waals surface area (Å²) in [5.41, 5.74) is 3.16. The van der Waals surface area contributed by atoms with Crippen LogP contribution in [0.1, 0.15) is 31.9 Å². The topological polar surface area (TPSA) is 86.2 Å². The van der Waals surface area contributed by atoms with Gasteiger partial charge in [0.15, 0.2) is 0 Å². The van der Waals surface area contributed by atoms with Crippen molar-refractivity contribution in [2.45, 2.75) is 26.4 Å². The van der Waals surface area contributed by atoms with Gasteiger partial charge in [0.2, 0.25) is 0 Å². The van der Waals surface area contributed by atoms with Gasteiger partial charge in [0, 0.05) is 6.08 Å². The fraction of sp³-hybridized carbons (Fsp3) is 0.227. The van der Waals surface area contributed by atoms with Gasteiger partial charge >= 0.3 is 12.1 Å². The first-order valence-electron chi connectivity index (χ1n) is 8.91. The predicted molar refractivity (Wildman–Crippen MR) is 111 cm³/mol. The van der Waals surface area contributed by atoms with Crippen molar-refractivity contribution < 1.29 is 23.8 Å². The minimum absolute atomic E-state index is 0.357. The van der Waals surface area contributed by atoms with Crippen LogP contribution < -0.4 is 14.9 Å². The van der Waals surface area contributed by atoms with E-state index >= 15 is 0 Å². The average molecular weight is 396 g/mol. The predicted octanol–water partition coefficient (Wildman–Crippen LogP) is 4.17. The van der Waals surface area contributed by atoms with Gasteiger partial charge in [0.05, 0.1) is 13.3 Å². The quantitative estimate of drug-likeness (QED) is 0.260. The second-order valence-corrected chi connectivity index (χ2v) is 6.97. The van der Waals surface area contributed by atoms with Gasteiger partial charge in [0.25, 0.3) is 0 Å². The van der Waals surface area contributed by atoms with Gasteiger partial charge in [-0.1, -0.05) is 24.3 Å². The molecule has 0 heterocycles. The van der Waals surface area contributed by atoms with Crippen molar-refractivity contribution in [1.82, 2.24) is 5.43 Å². The Hall–Kier alpha value is -3.61. The minimum Gasteiger partial charge on any atom is -0.497 e. The molecule has 0 bridgehead atoms. The maximum atomic E-state index is 12.0. The van der Waals surface area contributed by atoms with E-state index in [0.29, 0.717) is 11.3 Å². The summed E-state index contributed by atoms with van der Waals surface area (Å²) in [6.07, 6.45) is 3.76. The number of benzene rings is 2. The molecule has 2 aromatic rings. The van der Waals surface area contributed by atoms with E-state index in [1.807, 2.05) is 12.1 Å². The molecule has 0 fully saturated rings. The summed E-state index contributed by atoms with van der Waals surface area (Å²) in [6, 6.07) is 14.0. The van der Waals surface area contributed by atoms with E-state index in [1.54, 1.807) is 70.4 Å². The lowest BCUT2D eigenvalue weighted by Gasteiger charge is -2.18. The summed E-state index contributed by atoms with van der Waals surface area (Å²) < 4.78 is 15.5. The Morgan fingerprint density at radius 2 is 1.72 bits per heavy atom. The maximum Gasteiger partial charge on any atom is 0.428 e. The fourth-order valence-electron chi connectivity index (χ4n) is 2.15. The van der Waals surface area contributed by atoms with Gasteiger partial charge in [-0.3, -0.25) is 0 Å². The van der Waals surface area contributed by atoms with Gasteiger partial charge in [-0.05, 0) is 62.2 Å². The van der Waals surface area contributed by atoms with Crippen LogP contribution in [0.15, 0.2) is 59.7 Å². The van der Waals surface area contributed by atoms with Crippen LogP contribution in [0.25, 0.3) is 6.08 Å². The lowest BCUT2D eigenvalue weighted by Crippen LogP contribution is -2.29. The second-order valence-electron chi connectivity index (χ2n) is 6.97. The smallest absolute Gasteiger partial charge is 0.428 e. The lowest BCUT2D eigenvalue weighted by molar-refractivity contribution is -0.128. The van der Waals surface area contributed by atoms with E-state index in [1.165, 1.54) is 12.3 Å². The van der Waals surface area contributed by atoms with Crippen molar-refractivity contribution in [3.8, 4) is 11.5 Å². The molecule has 0 spiro atoms. The number of nitrogens with zero attached hydrogens (tertiary/aromatic N) is 1. The molecule has 152 valence electrons. The standard InChI is InChI=1S/C22H24N2O5/c1-22(2,3)29-21(26)24-23-15-17-6-5-7-19(14-17)28-20(25)13-10-16-8-11-18(27-4)12-9-16/h5-15H,1-4H3,(H,24,26)/b13-10+,23-15-. The molecule has 2 aromatic carbocycles. The van der Waals surface area contributed by atoms with Crippen LogP contribution in [0, 0.1) is 0 Å². The maximum absolute atomic E-state index is 12.0. The highest BCUT2D eigenvalue weighted by molar-refractivity contribution is 5.89. The van der Waals surface area contributed by atoms with Crippen LogP contribution in [0.4, 0.5) is 4.79 Å². The molecule has 29 heavy (non-hydrogen) atoms. The molecule has 0 aliphatic rings. The van der Waals surface area contributed by atoms with Crippen molar-refractivity contribution in [2.75, 3.05) is 7.11 Å². The number of hydrogen-bond acceptors (Lipinski definition) is 6. The first-order valence-corrected chi connectivity index (χ1v) is 8.91. The first kappa shape index (κ1) is 21.7. The molecule has 2 rings (SSSR count). The van der Waals surface area contributed by atoms with E-state index in [9.17, 15) is 9.59 Å². The van der Waals surface area contributed by atoms with E-state index in [-0.39, 0.29) is 0 Å². The molecule has 7 nitrogen and oxygen atoms in total. The van der Waals surface area contributed by atoms with Crippen molar-refractivity contribution in [3.05, 3.63) is 65.7 Å². The number of amides is 1. The summed E-state index contributed by atoms with van der Waals surface area (Å²) in [7, 11) is 1.59. The van der Waals surface area contributed by atoms with E-state index in [4.69, 9.17) is 14.2 Å². The number of ether oxygens (including phenoxy) is 3. The molecule has 0 aliphatic heterocycles. The second kappa shape index (κ2) is 10.1. The van der Waals surface area contributed by atoms with E-state index < -0.39 is 17.7 Å². The number of hydrazone groups is 1. The lowest BCUT2D eigenvalue weighted by atomic mass is 10.2. The van der Waals surface area contributed by atoms with E-state index in [2.05, 4.69) is 10.5 Å². The van der Waals surface area contributed by atoms with Crippen LogP contribution >= 0.6 is 0 Å². The molecule has 0 radical (unpaired) electrons. The van der Waals surface area contributed by atoms with Crippen LogP contribution in [-0.4, -0.2) is 31.0 Å². The highest BCUT2D eigenvalue weighted by atomic mass is 16.6. The van der Waals surface area contributed by atoms with Crippen LogP contribution in [0.2, 0.25) is 0 Å². The molecule has 7 heteroatoms. The van der Waals surface area contributed by atoms with Crippen LogP contribution in [0.3, 0.4) is 0 Å². The van der Waals surface area contributed by atoms with Crippen molar-refractivity contribution in [3.63, 3.8) is 0 Å². The molecule has 0 saturated heterocycles. The molecule has 0 unspecified atom stereocenters. The van der Waals surface area contributed by atoms with Gasteiger partial charge in [-0.15, -0.1) is 0 Å². The first-order chi connectivity index (χ1) is 13.7. The Morgan fingerprint density at radius 1 is 1.00 bits per heavy atom. The number of carbonyl (C=O) groups is 2. The van der Waals surface area contributed by atoms with Gasteiger partial charge in [0.1, 0.15) is 17.1 Å². The van der Waals surface area contributed by atoms with Crippen molar-refractivity contribution in [1.29, 1.82) is 0 Å². The Balaban J connectivity index is 1.91. The summed E-state index contributed by atoms with van der Waals surface area (Å²) in [5.74, 6) is 0.585. The van der Waals surface area contributed by atoms with Crippen LogP contribution in [0.5, 0.6) is 11.5 Å². The zero-order valence-corrected chi connectivity index (χ0v) is 16.8. The Labute approximate surface area is 170 Å². The monoisotopic (exact) mass is 396 g/mol. The minimum atomic E-state index is -0.653. The molecular formula is C22H24N2O5. The van der Waals surface area contributed by atoms with E-state index in [0.717, 1.165) is 11.3 Å². The molecule has 1 amide bonds. The Morgan fingerprint density at radius 3 is 2.38 bits per heavy atom. The number of rotatable bonds is 6. The number of nitrogens with one attached hydrogen (secondary N) is 1. The number of esters is 1. The fourth-order valence-corrected chi connectivity index (χ4v) is 2.15.